The Kier molecular flexibility index (Phi) is 5.93. The number of hydrogen-bond acceptors (Lipinski definition) is 4. The van der Waals surface area contributed by atoms with Gasteiger partial charge in [-0.3, -0.25) is 4.79 Å². The van der Waals surface area contributed by atoms with Crippen molar-refractivity contribution < 1.29 is 13.2 Å². The number of hydrogen-bond donors (Lipinski definition) is 1. The lowest BCUT2D eigenvalue weighted by Gasteiger charge is -2.30. The smallest absolute Gasteiger partial charge is 0.252 e. The highest BCUT2D eigenvalue weighted by atomic mass is 79.9. The molecule has 5 nitrogen and oxygen atoms in total. The van der Waals surface area contributed by atoms with Crippen LogP contribution >= 0.6 is 27.3 Å². The molecule has 2 heterocycles. The van der Waals surface area contributed by atoms with E-state index >= 15 is 0 Å². The lowest BCUT2D eigenvalue weighted by atomic mass is 9.99. The molecule has 3 rings (SSSR count). The third kappa shape index (κ3) is 4.49. The average Bonchev–Trinajstić information content (AvgIpc) is 3.08. The van der Waals surface area contributed by atoms with Crippen LogP contribution in [0.2, 0.25) is 0 Å². The van der Waals surface area contributed by atoms with E-state index in [-0.39, 0.29) is 18.4 Å². The molecule has 1 aliphatic heterocycles. The van der Waals surface area contributed by atoms with Gasteiger partial charge in [0.05, 0.1) is 9.70 Å². The van der Waals surface area contributed by atoms with Gasteiger partial charge in [-0.1, -0.05) is 30.3 Å². The second-order valence-corrected chi connectivity index (χ2v) is 10.6. The predicted molar refractivity (Wildman–Crippen MR) is 102 cm³/mol. The van der Waals surface area contributed by atoms with Crippen molar-refractivity contribution >= 4 is 43.2 Å². The number of carbonyl (C=O) groups excluding carboxylic acids is 1. The van der Waals surface area contributed by atoms with Crippen molar-refractivity contribution in [1.82, 2.24) is 9.62 Å². The van der Waals surface area contributed by atoms with E-state index in [1.165, 1.54) is 15.6 Å². The first-order valence-electron chi connectivity index (χ1n) is 8.04. The van der Waals surface area contributed by atoms with Crippen molar-refractivity contribution in [1.29, 1.82) is 0 Å². The molecule has 0 unspecified atom stereocenters. The molecule has 0 bridgehead atoms. The third-order valence-corrected chi connectivity index (χ3v) is 8.16. The molecular formula is C17H19BrN2O3S2. The van der Waals surface area contributed by atoms with E-state index in [4.69, 9.17) is 0 Å². The summed E-state index contributed by atoms with van der Waals surface area (Å²) in [7, 11) is -3.53. The van der Waals surface area contributed by atoms with E-state index in [2.05, 4.69) is 21.2 Å². The third-order valence-electron chi connectivity index (χ3n) is 4.21. The van der Waals surface area contributed by atoms with E-state index in [0.717, 1.165) is 9.35 Å². The van der Waals surface area contributed by atoms with Crippen LogP contribution in [0.4, 0.5) is 0 Å². The molecule has 1 amide bonds. The number of halogens is 1. The fraction of sp³-hybridized carbons (Fsp3) is 0.353. The van der Waals surface area contributed by atoms with Crippen LogP contribution in [-0.2, 0) is 21.4 Å². The van der Waals surface area contributed by atoms with Gasteiger partial charge in [-0.25, -0.2) is 8.42 Å². The molecule has 1 saturated heterocycles. The average molecular weight is 443 g/mol. The van der Waals surface area contributed by atoms with E-state index in [0.29, 0.717) is 30.1 Å². The van der Waals surface area contributed by atoms with Crippen LogP contribution < -0.4 is 5.32 Å². The summed E-state index contributed by atoms with van der Waals surface area (Å²) in [5, 5.41) is 2.92. The Bertz CT molecular complexity index is 837. The summed E-state index contributed by atoms with van der Waals surface area (Å²) in [6, 6.07) is 13.0. The van der Waals surface area contributed by atoms with Crippen molar-refractivity contribution in [2.24, 2.45) is 5.92 Å². The monoisotopic (exact) mass is 442 g/mol. The molecule has 0 saturated carbocycles. The number of benzene rings is 1. The first kappa shape index (κ1) is 18.6. The van der Waals surface area contributed by atoms with Crippen molar-refractivity contribution in [3.63, 3.8) is 0 Å². The van der Waals surface area contributed by atoms with Gasteiger partial charge in [0.2, 0.25) is 5.91 Å². The molecule has 0 aliphatic carbocycles. The van der Waals surface area contributed by atoms with Crippen LogP contribution in [0.15, 0.2) is 50.5 Å². The lowest BCUT2D eigenvalue weighted by Crippen LogP contribution is -2.45. The van der Waals surface area contributed by atoms with E-state index in [1.54, 1.807) is 12.1 Å². The molecular weight excluding hydrogens is 424 g/mol. The minimum absolute atomic E-state index is 0.0869. The Hall–Kier alpha value is -1.22. The van der Waals surface area contributed by atoms with Crippen molar-refractivity contribution in [3.05, 3.63) is 51.8 Å². The summed E-state index contributed by atoms with van der Waals surface area (Å²) in [5.41, 5.74) is 1.03. The predicted octanol–water partition coefficient (Wildman–Crippen LogP) is 3.23. The standard InChI is InChI=1S/C17H19BrN2O3S2/c18-15-8-9-16(24-15)25(22,23)20-10-4-7-14(12-20)17(21)19-11-13-5-2-1-3-6-13/h1-3,5-6,8-9,14H,4,7,10-12H2,(H,19,21)/t14-/m1/s1. The van der Waals surface area contributed by atoms with Gasteiger partial charge in [-0.05, 0) is 46.5 Å². The zero-order chi connectivity index (χ0) is 17.9. The fourth-order valence-corrected chi connectivity index (χ4v) is 6.56. The van der Waals surface area contributed by atoms with Crippen molar-refractivity contribution in [2.45, 2.75) is 23.6 Å². The lowest BCUT2D eigenvalue weighted by molar-refractivity contribution is -0.126. The summed E-state index contributed by atoms with van der Waals surface area (Å²) in [6.07, 6.45) is 1.40. The highest BCUT2D eigenvalue weighted by Crippen LogP contribution is 2.30. The number of amides is 1. The molecule has 1 aliphatic rings. The normalized spacial score (nSPS) is 18.8. The van der Waals surface area contributed by atoms with Crippen LogP contribution in [0.3, 0.4) is 0 Å². The first-order valence-corrected chi connectivity index (χ1v) is 11.1. The van der Waals surface area contributed by atoms with E-state index in [9.17, 15) is 13.2 Å². The van der Waals surface area contributed by atoms with Crippen LogP contribution in [-0.4, -0.2) is 31.7 Å². The van der Waals surface area contributed by atoms with Gasteiger partial charge in [0, 0.05) is 19.6 Å². The van der Waals surface area contributed by atoms with Gasteiger partial charge in [0.15, 0.2) is 0 Å². The summed E-state index contributed by atoms with van der Waals surface area (Å²) >= 11 is 4.49. The second kappa shape index (κ2) is 7.99. The number of sulfonamides is 1. The number of rotatable bonds is 5. The Morgan fingerprint density at radius 3 is 2.68 bits per heavy atom. The van der Waals surface area contributed by atoms with Crippen LogP contribution in [0.5, 0.6) is 0 Å². The molecule has 1 N–H and O–H groups in total. The first-order chi connectivity index (χ1) is 12.0. The number of thiophene rings is 1. The Balaban J connectivity index is 1.63. The minimum Gasteiger partial charge on any atom is -0.352 e. The van der Waals surface area contributed by atoms with E-state index in [1.807, 2.05) is 30.3 Å². The summed E-state index contributed by atoms with van der Waals surface area (Å²) < 4.78 is 28.0. The van der Waals surface area contributed by atoms with Gasteiger partial charge >= 0.3 is 0 Å². The molecule has 1 aromatic heterocycles. The number of piperidine rings is 1. The minimum atomic E-state index is -3.53. The fourth-order valence-electron chi connectivity index (χ4n) is 2.87. The summed E-state index contributed by atoms with van der Waals surface area (Å²) in [5.74, 6) is -0.397. The van der Waals surface area contributed by atoms with Gasteiger partial charge in [0.25, 0.3) is 10.0 Å². The molecule has 134 valence electrons. The Morgan fingerprint density at radius 1 is 1.24 bits per heavy atom. The molecule has 25 heavy (non-hydrogen) atoms. The molecule has 2 aromatic rings. The SMILES string of the molecule is O=C(NCc1ccccc1)[C@@H]1CCCN(S(=O)(=O)c2ccc(Br)s2)C1. The molecule has 1 atom stereocenters. The number of nitrogens with zero attached hydrogens (tertiary/aromatic N) is 1. The van der Waals surface area contributed by atoms with Crippen LogP contribution in [0.25, 0.3) is 0 Å². The Labute approximate surface area is 160 Å². The molecule has 0 radical (unpaired) electrons. The van der Waals surface area contributed by atoms with Gasteiger partial charge < -0.3 is 5.32 Å². The number of nitrogens with one attached hydrogen (secondary N) is 1. The summed E-state index contributed by atoms with van der Waals surface area (Å²) in [4.78, 5) is 12.4. The molecule has 1 aromatic carbocycles. The molecule has 0 spiro atoms. The summed E-state index contributed by atoms with van der Waals surface area (Å²) in [6.45, 7) is 1.15. The van der Waals surface area contributed by atoms with Gasteiger partial charge in [-0.15, -0.1) is 11.3 Å². The van der Waals surface area contributed by atoms with Gasteiger partial charge in [0.1, 0.15) is 4.21 Å². The van der Waals surface area contributed by atoms with Crippen molar-refractivity contribution in [2.75, 3.05) is 13.1 Å². The molecule has 8 heteroatoms. The number of carbonyl (C=O) groups is 1. The van der Waals surface area contributed by atoms with Crippen LogP contribution in [0.1, 0.15) is 18.4 Å². The highest BCUT2D eigenvalue weighted by molar-refractivity contribution is 9.11. The zero-order valence-corrected chi connectivity index (χ0v) is 16.7. The maximum atomic E-state index is 12.7. The maximum Gasteiger partial charge on any atom is 0.252 e. The maximum absolute atomic E-state index is 12.7. The topological polar surface area (TPSA) is 66.5 Å². The zero-order valence-electron chi connectivity index (χ0n) is 13.5. The highest BCUT2D eigenvalue weighted by Gasteiger charge is 2.33. The second-order valence-electron chi connectivity index (χ2n) is 5.96. The van der Waals surface area contributed by atoms with E-state index < -0.39 is 10.0 Å². The quantitative estimate of drug-likeness (QED) is 0.772. The largest absolute Gasteiger partial charge is 0.352 e. The molecule has 1 fully saturated rings. The Morgan fingerprint density at radius 2 is 2.00 bits per heavy atom. The van der Waals surface area contributed by atoms with Crippen LogP contribution in [0, 0.1) is 5.92 Å². The van der Waals surface area contributed by atoms with Crippen molar-refractivity contribution in [3.8, 4) is 0 Å². The van der Waals surface area contributed by atoms with Gasteiger partial charge in [-0.2, -0.15) is 4.31 Å².